The second-order valence-electron chi connectivity index (χ2n) is 5.27. The van der Waals surface area contributed by atoms with Crippen LogP contribution in [-0.2, 0) is 10.0 Å². The summed E-state index contributed by atoms with van der Waals surface area (Å²) in [6.45, 7) is 3.97. The number of piperidine rings is 1. The van der Waals surface area contributed by atoms with E-state index in [9.17, 15) is 8.42 Å². The zero-order valence-corrected chi connectivity index (χ0v) is 13.1. The van der Waals surface area contributed by atoms with Gasteiger partial charge < -0.3 is 4.90 Å². The van der Waals surface area contributed by atoms with E-state index in [-0.39, 0.29) is 4.90 Å². The predicted octanol–water partition coefficient (Wildman–Crippen LogP) is 1.08. The average Bonchev–Trinajstić information content (AvgIpc) is 2.45. The molecule has 1 heterocycles. The highest BCUT2D eigenvalue weighted by Gasteiger charge is 2.15. The van der Waals surface area contributed by atoms with Crippen LogP contribution in [0.25, 0.3) is 0 Å². The normalized spacial score (nSPS) is 17.2. The summed E-state index contributed by atoms with van der Waals surface area (Å²) in [6.07, 6.45) is 4.80. The maximum Gasteiger partial charge on any atom is 0.240 e. The summed E-state index contributed by atoms with van der Waals surface area (Å²) >= 11 is 5.82. The smallest absolute Gasteiger partial charge is 0.240 e. The lowest BCUT2D eigenvalue weighted by Crippen LogP contribution is -3.12. The van der Waals surface area contributed by atoms with Gasteiger partial charge in [-0.15, -0.1) is 0 Å². The van der Waals surface area contributed by atoms with Crippen molar-refractivity contribution in [2.24, 2.45) is 0 Å². The third kappa shape index (κ3) is 4.74. The van der Waals surface area contributed by atoms with Crippen LogP contribution in [0.4, 0.5) is 0 Å². The lowest BCUT2D eigenvalue weighted by Gasteiger charge is -2.23. The molecule has 1 fully saturated rings. The quantitative estimate of drug-likeness (QED) is 0.771. The van der Waals surface area contributed by atoms with Crippen molar-refractivity contribution in [1.82, 2.24) is 4.72 Å². The Bertz CT molecular complexity index is 528. The van der Waals surface area contributed by atoms with E-state index in [0.717, 1.165) is 13.0 Å². The third-order valence-electron chi connectivity index (χ3n) is 3.67. The fraction of sp³-hybridized carbons (Fsp3) is 0.571. The maximum absolute atomic E-state index is 12.1. The zero-order chi connectivity index (χ0) is 14.4. The lowest BCUT2D eigenvalue weighted by molar-refractivity contribution is -0.904. The van der Waals surface area contributed by atoms with Crippen molar-refractivity contribution in [3.63, 3.8) is 0 Å². The molecule has 2 N–H and O–H groups in total. The minimum Gasteiger partial charge on any atom is -0.335 e. The van der Waals surface area contributed by atoms with Gasteiger partial charge in [0.2, 0.25) is 10.0 Å². The summed E-state index contributed by atoms with van der Waals surface area (Å²) in [5.74, 6) is 0. The second kappa shape index (κ2) is 7.41. The number of sulfonamides is 1. The van der Waals surface area contributed by atoms with Gasteiger partial charge in [0.15, 0.2) is 0 Å². The Balaban J connectivity index is 1.78. The Morgan fingerprint density at radius 1 is 1.20 bits per heavy atom. The molecule has 1 aromatic carbocycles. The number of hydrogen-bond donors (Lipinski definition) is 2. The van der Waals surface area contributed by atoms with E-state index in [1.807, 2.05) is 0 Å². The molecular formula is C14H22ClN2O2S+. The van der Waals surface area contributed by atoms with Crippen LogP contribution in [0.3, 0.4) is 0 Å². The highest BCUT2D eigenvalue weighted by Crippen LogP contribution is 2.14. The number of quaternary nitrogens is 1. The van der Waals surface area contributed by atoms with Crippen LogP contribution in [0, 0.1) is 0 Å². The molecule has 4 nitrogen and oxygen atoms in total. The molecule has 2 rings (SSSR count). The van der Waals surface area contributed by atoms with Gasteiger partial charge in [0, 0.05) is 18.0 Å². The molecule has 1 aliphatic heterocycles. The van der Waals surface area contributed by atoms with Gasteiger partial charge in [-0.05, 0) is 37.5 Å². The van der Waals surface area contributed by atoms with E-state index in [0.29, 0.717) is 11.6 Å². The molecule has 0 atom stereocenters. The molecule has 1 aromatic rings. The van der Waals surface area contributed by atoms with Gasteiger partial charge in [0.25, 0.3) is 0 Å². The van der Waals surface area contributed by atoms with Crippen LogP contribution in [0.15, 0.2) is 29.2 Å². The Hall–Kier alpha value is -0.620. The van der Waals surface area contributed by atoms with Gasteiger partial charge in [0.05, 0.1) is 24.5 Å². The summed E-state index contributed by atoms with van der Waals surface area (Å²) in [4.78, 5) is 1.83. The van der Waals surface area contributed by atoms with Gasteiger partial charge in [-0.25, -0.2) is 13.1 Å². The molecule has 0 spiro atoms. The summed E-state index contributed by atoms with van der Waals surface area (Å²) in [5, 5.41) is 0.436. The molecule has 1 saturated heterocycles. The Morgan fingerprint density at radius 3 is 2.65 bits per heavy atom. The van der Waals surface area contributed by atoms with E-state index in [1.165, 1.54) is 38.4 Å². The number of halogens is 1. The van der Waals surface area contributed by atoms with Crippen molar-refractivity contribution >= 4 is 21.6 Å². The first kappa shape index (κ1) is 15.8. The van der Waals surface area contributed by atoms with Crippen LogP contribution in [0.5, 0.6) is 0 Å². The maximum atomic E-state index is 12.1. The van der Waals surface area contributed by atoms with E-state index in [2.05, 4.69) is 4.72 Å². The number of hydrogen-bond acceptors (Lipinski definition) is 2. The van der Waals surface area contributed by atoms with Gasteiger partial charge in [-0.1, -0.05) is 17.7 Å². The fourth-order valence-electron chi connectivity index (χ4n) is 2.56. The Morgan fingerprint density at radius 2 is 1.95 bits per heavy atom. The molecule has 0 bridgehead atoms. The largest absolute Gasteiger partial charge is 0.335 e. The number of benzene rings is 1. The molecule has 0 aliphatic carbocycles. The van der Waals surface area contributed by atoms with Gasteiger partial charge in [-0.3, -0.25) is 0 Å². The molecule has 0 saturated carbocycles. The third-order valence-corrected chi connectivity index (χ3v) is 5.36. The van der Waals surface area contributed by atoms with Crippen LogP contribution < -0.4 is 9.62 Å². The molecule has 112 valence electrons. The standard InChI is InChI=1S/C14H21ClN2O2S/c15-13-6-4-7-14(12-13)20(18,19)16-8-5-11-17-9-2-1-3-10-17/h4,6-7,12,16H,1-3,5,8-11H2/p+1. The van der Waals surface area contributed by atoms with E-state index in [1.54, 1.807) is 23.1 Å². The van der Waals surface area contributed by atoms with Crippen molar-refractivity contribution in [2.45, 2.75) is 30.6 Å². The summed E-state index contributed by atoms with van der Waals surface area (Å²) in [5.41, 5.74) is 0. The Kier molecular flexibility index (Phi) is 5.84. The van der Waals surface area contributed by atoms with Crippen LogP contribution in [0.2, 0.25) is 5.02 Å². The number of rotatable bonds is 6. The lowest BCUT2D eigenvalue weighted by atomic mass is 10.1. The van der Waals surface area contributed by atoms with E-state index >= 15 is 0 Å². The van der Waals surface area contributed by atoms with Crippen LogP contribution in [0.1, 0.15) is 25.7 Å². The molecule has 1 aliphatic rings. The number of likely N-dealkylation sites (tertiary alicyclic amines) is 1. The molecule has 0 unspecified atom stereocenters. The van der Waals surface area contributed by atoms with Gasteiger partial charge >= 0.3 is 0 Å². The van der Waals surface area contributed by atoms with Crippen molar-refractivity contribution in [1.29, 1.82) is 0 Å². The van der Waals surface area contributed by atoms with Crippen LogP contribution >= 0.6 is 11.6 Å². The SMILES string of the molecule is O=S(=O)(NCCC[NH+]1CCCCC1)c1cccc(Cl)c1. The minimum absolute atomic E-state index is 0.232. The minimum atomic E-state index is -3.43. The molecule has 0 radical (unpaired) electrons. The Labute approximate surface area is 126 Å². The van der Waals surface area contributed by atoms with Crippen LogP contribution in [-0.4, -0.2) is 34.6 Å². The number of nitrogens with one attached hydrogen (secondary N) is 2. The average molecular weight is 318 g/mol. The predicted molar refractivity (Wildman–Crippen MR) is 80.7 cm³/mol. The molecule has 0 amide bonds. The summed E-state index contributed by atoms with van der Waals surface area (Å²) in [6, 6.07) is 6.35. The first-order valence-corrected chi connectivity index (χ1v) is 9.03. The summed E-state index contributed by atoms with van der Waals surface area (Å²) in [7, 11) is -3.43. The van der Waals surface area contributed by atoms with Gasteiger partial charge in [0.1, 0.15) is 0 Å². The highest BCUT2D eigenvalue weighted by molar-refractivity contribution is 7.89. The topological polar surface area (TPSA) is 50.6 Å². The fourth-order valence-corrected chi connectivity index (χ4v) is 3.94. The molecular weight excluding hydrogens is 296 g/mol. The van der Waals surface area contributed by atoms with Gasteiger partial charge in [-0.2, -0.15) is 0 Å². The summed E-state index contributed by atoms with van der Waals surface area (Å²) < 4.78 is 26.8. The van der Waals surface area contributed by atoms with Crippen molar-refractivity contribution in [3.8, 4) is 0 Å². The highest BCUT2D eigenvalue weighted by atomic mass is 35.5. The van der Waals surface area contributed by atoms with Crippen molar-refractivity contribution in [3.05, 3.63) is 29.3 Å². The van der Waals surface area contributed by atoms with E-state index in [4.69, 9.17) is 11.6 Å². The first-order chi connectivity index (χ1) is 9.58. The zero-order valence-electron chi connectivity index (χ0n) is 11.6. The first-order valence-electron chi connectivity index (χ1n) is 7.17. The van der Waals surface area contributed by atoms with Crippen molar-refractivity contribution < 1.29 is 13.3 Å². The second-order valence-corrected chi connectivity index (χ2v) is 7.47. The molecule has 6 heteroatoms. The monoisotopic (exact) mass is 317 g/mol. The van der Waals surface area contributed by atoms with Crippen molar-refractivity contribution in [2.75, 3.05) is 26.2 Å². The molecule has 20 heavy (non-hydrogen) atoms. The molecule has 0 aromatic heterocycles. The van der Waals surface area contributed by atoms with E-state index < -0.39 is 10.0 Å².